The van der Waals surface area contributed by atoms with Crippen molar-refractivity contribution < 1.29 is 15.3 Å². The van der Waals surface area contributed by atoms with E-state index in [2.05, 4.69) is 6.92 Å². The molecule has 5 heteroatoms. The summed E-state index contributed by atoms with van der Waals surface area (Å²) in [5.74, 6) is -0.327. The van der Waals surface area contributed by atoms with Crippen LogP contribution in [0.1, 0.15) is 43.9 Å². The van der Waals surface area contributed by atoms with Crippen LogP contribution in [0.25, 0.3) is 12.2 Å². The summed E-state index contributed by atoms with van der Waals surface area (Å²) in [6.45, 7) is 2.85. The van der Waals surface area contributed by atoms with Crippen LogP contribution in [-0.4, -0.2) is 19.9 Å². The Morgan fingerprint density at radius 2 is 1.67 bits per heavy atom. The van der Waals surface area contributed by atoms with Crippen molar-refractivity contribution in [2.75, 3.05) is 0 Å². The third kappa shape index (κ3) is 4.91. The first-order valence-electron chi connectivity index (χ1n) is 8.14. The predicted octanol–water partition coefficient (Wildman–Crippen LogP) is 3.72. The normalized spacial score (nSPS) is 11.2. The van der Waals surface area contributed by atoms with Crippen LogP contribution >= 0.6 is 0 Å². The Balaban J connectivity index is 2.25. The van der Waals surface area contributed by atoms with Gasteiger partial charge in [-0.1, -0.05) is 32.3 Å². The lowest BCUT2D eigenvalue weighted by atomic mass is 10.1. The Kier molecular flexibility index (Phi) is 6.07. The predicted molar refractivity (Wildman–Crippen MR) is 95.2 cm³/mol. The third-order valence-electron chi connectivity index (χ3n) is 3.77. The van der Waals surface area contributed by atoms with Gasteiger partial charge in [-0.3, -0.25) is 4.79 Å². The number of hydrogen-bond donors (Lipinski definition) is 3. The molecule has 0 unspecified atom stereocenters. The van der Waals surface area contributed by atoms with E-state index in [9.17, 15) is 20.1 Å². The number of nitrogens with zero attached hydrogens (tertiary/aromatic N) is 1. The monoisotopic (exact) mass is 329 g/mol. The van der Waals surface area contributed by atoms with E-state index >= 15 is 0 Å². The minimum Gasteiger partial charge on any atom is -0.508 e. The summed E-state index contributed by atoms with van der Waals surface area (Å²) in [6, 6.07) is 5.66. The van der Waals surface area contributed by atoms with Gasteiger partial charge in [0.1, 0.15) is 11.5 Å². The van der Waals surface area contributed by atoms with Crippen LogP contribution in [-0.2, 0) is 6.54 Å². The fraction of sp³-hybridized carbons (Fsp3) is 0.316. The molecule has 0 saturated carbocycles. The van der Waals surface area contributed by atoms with Crippen molar-refractivity contribution in [1.29, 1.82) is 0 Å². The quantitative estimate of drug-likeness (QED) is 0.676. The number of rotatable bonds is 7. The highest BCUT2D eigenvalue weighted by atomic mass is 16.3. The largest absolute Gasteiger partial charge is 0.508 e. The number of unbranched alkanes of at least 4 members (excludes halogenated alkanes) is 3. The lowest BCUT2D eigenvalue weighted by molar-refractivity contribution is 0.450. The molecular weight excluding hydrogens is 306 g/mol. The van der Waals surface area contributed by atoms with Crippen LogP contribution in [0.15, 0.2) is 35.3 Å². The number of aromatic nitrogens is 1. The Morgan fingerprint density at radius 3 is 2.33 bits per heavy atom. The molecule has 0 spiro atoms. The van der Waals surface area contributed by atoms with E-state index in [1.54, 1.807) is 12.2 Å². The molecule has 2 aromatic rings. The molecule has 1 heterocycles. The van der Waals surface area contributed by atoms with Gasteiger partial charge in [-0.05, 0) is 30.2 Å². The molecule has 1 aromatic carbocycles. The molecule has 128 valence electrons. The average Bonchev–Trinajstić information content (AvgIpc) is 2.52. The SMILES string of the molecule is CCCCCCn1cc(O)c(=O)cc1C=Cc1cc(O)cc(O)c1. The van der Waals surface area contributed by atoms with E-state index < -0.39 is 5.43 Å². The molecule has 0 aliphatic heterocycles. The van der Waals surface area contributed by atoms with Gasteiger partial charge in [0, 0.05) is 24.4 Å². The molecule has 1 aromatic heterocycles. The molecule has 0 fully saturated rings. The molecule has 24 heavy (non-hydrogen) atoms. The molecule has 0 atom stereocenters. The number of hydrogen-bond acceptors (Lipinski definition) is 4. The van der Waals surface area contributed by atoms with Crippen molar-refractivity contribution >= 4 is 12.2 Å². The second kappa shape index (κ2) is 8.24. The number of phenols is 2. The van der Waals surface area contributed by atoms with E-state index in [1.165, 1.54) is 30.5 Å². The third-order valence-corrected chi connectivity index (χ3v) is 3.77. The number of pyridine rings is 1. The van der Waals surface area contributed by atoms with E-state index in [0.29, 0.717) is 17.8 Å². The van der Waals surface area contributed by atoms with Gasteiger partial charge in [0.05, 0.1) is 6.20 Å². The molecule has 5 nitrogen and oxygen atoms in total. The number of aryl methyl sites for hydroxylation is 1. The van der Waals surface area contributed by atoms with Crippen molar-refractivity contribution in [3.05, 3.63) is 51.9 Å². The minimum atomic E-state index is -0.432. The first kappa shape index (κ1) is 17.7. The summed E-state index contributed by atoms with van der Waals surface area (Å²) < 4.78 is 1.84. The molecule has 0 amide bonds. The van der Waals surface area contributed by atoms with E-state index in [-0.39, 0.29) is 17.2 Å². The zero-order chi connectivity index (χ0) is 17.5. The number of phenolic OH excluding ortho intramolecular Hbond substituents is 2. The maximum Gasteiger partial charge on any atom is 0.223 e. The lowest BCUT2D eigenvalue weighted by Gasteiger charge is -2.11. The fourth-order valence-corrected chi connectivity index (χ4v) is 2.52. The summed E-state index contributed by atoms with van der Waals surface area (Å²) in [6.07, 6.45) is 9.23. The van der Waals surface area contributed by atoms with E-state index in [1.807, 2.05) is 4.57 Å². The second-order valence-electron chi connectivity index (χ2n) is 5.82. The second-order valence-corrected chi connectivity index (χ2v) is 5.82. The maximum absolute atomic E-state index is 11.7. The van der Waals surface area contributed by atoms with Crippen LogP contribution in [0.2, 0.25) is 0 Å². The number of aromatic hydroxyl groups is 3. The Hall–Kier alpha value is -2.69. The maximum atomic E-state index is 11.7. The van der Waals surface area contributed by atoms with Crippen molar-refractivity contribution in [3.8, 4) is 17.2 Å². The Morgan fingerprint density at radius 1 is 0.958 bits per heavy atom. The fourth-order valence-electron chi connectivity index (χ4n) is 2.52. The smallest absolute Gasteiger partial charge is 0.223 e. The van der Waals surface area contributed by atoms with E-state index in [4.69, 9.17) is 0 Å². The summed E-state index contributed by atoms with van der Waals surface area (Å²) >= 11 is 0. The van der Waals surface area contributed by atoms with Gasteiger partial charge in [-0.2, -0.15) is 0 Å². The molecule has 2 rings (SSSR count). The molecular formula is C19H23NO4. The molecule has 0 bridgehead atoms. The first-order valence-corrected chi connectivity index (χ1v) is 8.14. The van der Waals surface area contributed by atoms with Gasteiger partial charge >= 0.3 is 0 Å². The average molecular weight is 329 g/mol. The van der Waals surface area contributed by atoms with Crippen LogP contribution in [0.4, 0.5) is 0 Å². The van der Waals surface area contributed by atoms with Crippen LogP contribution in [0.5, 0.6) is 17.2 Å². The van der Waals surface area contributed by atoms with Gasteiger partial charge in [-0.25, -0.2) is 0 Å². The van der Waals surface area contributed by atoms with Crippen LogP contribution in [0.3, 0.4) is 0 Å². The highest BCUT2D eigenvalue weighted by Gasteiger charge is 2.04. The number of benzene rings is 1. The lowest BCUT2D eigenvalue weighted by Crippen LogP contribution is -2.10. The van der Waals surface area contributed by atoms with E-state index in [0.717, 1.165) is 25.7 Å². The molecule has 0 aliphatic rings. The summed E-state index contributed by atoms with van der Waals surface area (Å²) in [5, 5.41) is 28.7. The zero-order valence-electron chi connectivity index (χ0n) is 13.8. The van der Waals surface area contributed by atoms with Gasteiger partial charge in [0.2, 0.25) is 5.43 Å². The van der Waals surface area contributed by atoms with Gasteiger partial charge < -0.3 is 19.9 Å². The Labute approximate surface area is 141 Å². The van der Waals surface area contributed by atoms with Gasteiger partial charge in [-0.15, -0.1) is 0 Å². The van der Waals surface area contributed by atoms with Gasteiger partial charge in [0.25, 0.3) is 0 Å². The standard InChI is InChI=1S/C19H23NO4/c1-2-3-4-5-8-20-13-19(24)18(23)11-15(20)7-6-14-9-16(21)12-17(22)10-14/h6-7,9-13,21-22,24H,2-5,8H2,1H3. The highest BCUT2D eigenvalue weighted by Crippen LogP contribution is 2.22. The summed E-state index contributed by atoms with van der Waals surface area (Å²) in [7, 11) is 0. The molecule has 0 radical (unpaired) electrons. The minimum absolute atomic E-state index is 0.0303. The van der Waals surface area contributed by atoms with Crippen molar-refractivity contribution in [1.82, 2.24) is 4.57 Å². The topological polar surface area (TPSA) is 82.7 Å². The summed E-state index contributed by atoms with van der Waals surface area (Å²) in [4.78, 5) is 11.7. The highest BCUT2D eigenvalue weighted by molar-refractivity contribution is 5.69. The van der Waals surface area contributed by atoms with Crippen LogP contribution < -0.4 is 5.43 Å². The van der Waals surface area contributed by atoms with Gasteiger partial charge in [0.15, 0.2) is 5.75 Å². The zero-order valence-corrected chi connectivity index (χ0v) is 13.8. The molecule has 3 N–H and O–H groups in total. The van der Waals surface area contributed by atoms with Crippen molar-refractivity contribution in [2.45, 2.75) is 39.2 Å². The molecule has 0 aliphatic carbocycles. The summed E-state index contributed by atoms with van der Waals surface area (Å²) in [5.41, 5.74) is 0.848. The molecule has 0 saturated heterocycles. The van der Waals surface area contributed by atoms with Crippen molar-refractivity contribution in [2.24, 2.45) is 0 Å². The van der Waals surface area contributed by atoms with Crippen molar-refractivity contribution in [3.63, 3.8) is 0 Å². The Bertz CT molecular complexity index is 757. The first-order chi connectivity index (χ1) is 11.5. The van der Waals surface area contributed by atoms with Crippen LogP contribution in [0, 0.1) is 0 Å².